The van der Waals surface area contributed by atoms with Gasteiger partial charge in [-0.3, -0.25) is 0 Å². The molecule has 0 bridgehead atoms. The molecular weight excluding hydrogens is 216 g/mol. The van der Waals surface area contributed by atoms with E-state index in [9.17, 15) is 0 Å². The van der Waals surface area contributed by atoms with Gasteiger partial charge in [0.1, 0.15) is 0 Å². The molecule has 4 nitrogen and oxygen atoms in total. The highest BCUT2D eigenvalue weighted by Gasteiger charge is 2.17. The third-order valence-corrected chi connectivity index (χ3v) is 2.71. The molecule has 1 N–H and O–H groups in total. The van der Waals surface area contributed by atoms with E-state index in [-0.39, 0.29) is 11.5 Å². The molecule has 15 heavy (non-hydrogen) atoms. The predicted octanol–water partition coefficient (Wildman–Crippen LogP) is 0.160. The van der Waals surface area contributed by atoms with Gasteiger partial charge in [0.2, 0.25) is 0 Å². The van der Waals surface area contributed by atoms with E-state index < -0.39 is 0 Å². The van der Waals surface area contributed by atoms with Gasteiger partial charge in [-0.05, 0) is 7.05 Å². The summed E-state index contributed by atoms with van der Waals surface area (Å²) in [5.74, 6) is 0. The van der Waals surface area contributed by atoms with Crippen LogP contribution in [0.15, 0.2) is 0 Å². The Morgan fingerprint density at radius 2 is 2.47 bits per heavy atom. The highest BCUT2D eigenvalue weighted by molar-refractivity contribution is 6.20. The first-order valence-corrected chi connectivity index (χ1v) is 5.80. The van der Waals surface area contributed by atoms with Crippen LogP contribution in [-0.4, -0.2) is 69.9 Å². The van der Waals surface area contributed by atoms with Gasteiger partial charge >= 0.3 is 0 Å². The first kappa shape index (κ1) is 13.2. The molecule has 0 saturated carbocycles. The van der Waals surface area contributed by atoms with E-state index in [0.29, 0.717) is 6.61 Å². The number of likely N-dealkylation sites (N-methyl/N-ethyl adjacent to an activating group) is 1. The van der Waals surface area contributed by atoms with Gasteiger partial charge in [0.05, 0.1) is 24.7 Å². The van der Waals surface area contributed by atoms with Crippen LogP contribution in [0.1, 0.15) is 0 Å². The Labute approximate surface area is 96.9 Å². The van der Waals surface area contributed by atoms with E-state index in [1.54, 1.807) is 7.11 Å². The van der Waals surface area contributed by atoms with Gasteiger partial charge in [-0.25, -0.2) is 0 Å². The second-order valence-electron chi connectivity index (χ2n) is 3.97. The number of hydrogen-bond donors (Lipinski definition) is 1. The molecule has 0 aliphatic carbocycles. The highest BCUT2D eigenvalue weighted by Crippen LogP contribution is 2.02. The minimum atomic E-state index is 0.0383. The van der Waals surface area contributed by atoms with E-state index in [1.165, 1.54) is 0 Å². The molecular formula is C10H21ClN2O2. The molecule has 0 radical (unpaired) electrons. The van der Waals surface area contributed by atoms with Crippen molar-refractivity contribution in [3.63, 3.8) is 0 Å². The maximum atomic E-state index is 5.99. The normalized spacial score (nSPS) is 25.4. The molecule has 1 aliphatic heterocycles. The summed E-state index contributed by atoms with van der Waals surface area (Å²) < 4.78 is 10.6. The Bertz CT molecular complexity index is 172. The van der Waals surface area contributed by atoms with E-state index in [0.717, 1.165) is 32.8 Å². The summed E-state index contributed by atoms with van der Waals surface area (Å²) in [4.78, 5) is 2.28. The minimum Gasteiger partial charge on any atom is -0.383 e. The van der Waals surface area contributed by atoms with E-state index in [1.807, 2.05) is 0 Å². The zero-order chi connectivity index (χ0) is 11.1. The second kappa shape index (κ2) is 7.41. The van der Waals surface area contributed by atoms with Crippen molar-refractivity contribution >= 4 is 11.6 Å². The first-order chi connectivity index (χ1) is 7.22. The van der Waals surface area contributed by atoms with Crippen LogP contribution < -0.4 is 5.32 Å². The van der Waals surface area contributed by atoms with Crippen molar-refractivity contribution in [1.82, 2.24) is 10.2 Å². The van der Waals surface area contributed by atoms with Gasteiger partial charge < -0.3 is 19.7 Å². The molecule has 0 amide bonds. The van der Waals surface area contributed by atoms with E-state index in [4.69, 9.17) is 21.1 Å². The molecule has 2 atom stereocenters. The lowest BCUT2D eigenvalue weighted by atomic mass is 10.3. The summed E-state index contributed by atoms with van der Waals surface area (Å²) in [5, 5.41) is 3.33. The molecule has 0 aromatic rings. The number of nitrogens with zero attached hydrogens (tertiary/aromatic N) is 1. The van der Waals surface area contributed by atoms with Gasteiger partial charge in [0, 0.05) is 33.3 Å². The van der Waals surface area contributed by atoms with Crippen LogP contribution in [0, 0.1) is 0 Å². The van der Waals surface area contributed by atoms with Crippen molar-refractivity contribution in [3.05, 3.63) is 0 Å². The number of ether oxygens (including phenoxy) is 2. The molecule has 0 aromatic carbocycles. The number of halogens is 1. The number of alkyl halides is 1. The quantitative estimate of drug-likeness (QED) is 0.667. The monoisotopic (exact) mass is 236 g/mol. The molecule has 90 valence electrons. The van der Waals surface area contributed by atoms with Crippen molar-refractivity contribution in [2.75, 3.05) is 53.6 Å². The highest BCUT2D eigenvalue weighted by atomic mass is 35.5. The average molecular weight is 237 g/mol. The Kier molecular flexibility index (Phi) is 6.52. The van der Waals surface area contributed by atoms with E-state index in [2.05, 4.69) is 17.3 Å². The summed E-state index contributed by atoms with van der Waals surface area (Å²) in [6.07, 6.45) is 0.287. The van der Waals surface area contributed by atoms with Crippen LogP contribution in [0.25, 0.3) is 0 Å². The van der Waals surface area contributed by atoms with Gasteiger partial charge in [-0.2, -0.15) is 0 Å². The molecule has 1 rings (SSSR count). The van der Waals surface area contributed by atoms with Crippen molar-refractivity contribution in [2.24, 2.45) is 0 Å². The predicted molar refractivity (Wildman–Crippen MR) is 61.6 cm³/mol. The summed E-state index contributed by atoms with van der Waals surface area (Å²) in [6.45, 7) is 5.05. The largest absolute Gasteiger partial charge is 0.383 e. The fraction of sp³-hybridized carbons (Fsp3) is 1.00. The Morgan fingerprint density at radius 1 is 1.67 bits per heavy atom. The standard InChI is InChI=1S/C10H21ClN2O2/c1-13-3-4-15-10(7-13)6-12-5-9(11)8-14-2/h9-10,12H,3-8H2,1-2H3. The van der Waals surface area contributed by atoms with Crippen molar-refractivity contribution < 1.29 is 9.47 Å². The molecule has 1 heterocycles. The van der Waals surface area contributed by atoms with Crippen LogP contribution in [0.5, 0.6) is 0 Å². The molecule has 2 unspecified atom stereocenters. The summed E-state index contributed by atoms with van der Waals surface area (Å²) >= 11 is 5.99. The maximum Gasteiger partial charge on any atom is 0.0826 e. The number of methoxy groups -OCH3 is 1. The molecule has 1 fully saturated rings. The molecule has 0 spiro atoms. The third kappa shape index (κ3) is 5.68. The molecule has 5 heteroatoms. The summed E-state index contributed by atoms with van der Waals surface area (Å²) in [6, 6.07) is 0. The summed E-state index contributed by atoms with van der Waals surface area (Å²) in [5.41, 5.74) is 0. The Hall–Kier alpha value is 0.130. The van der Waals surface area contributed by atoms with Crippen molar-refractivity contribution in [3.8, 4) is 0 Å². The lowest BCUT2D eigenvalue weighted by Crippen LogP contribution is -2.45. The lowest BCUT2D eigenvalue weighted by molar-refractivity contribution is -0.0181. The minimum absolute atomic E-state index is 0.0383. The second-order valence-corrected chi connectivity index (χ2v) is 4.58. The SMILES string of the molecule is COCC(Cl)CNCC1CN(C)CCO1. The molecule has 1 saturated heterocycles. The topological polar surface area (TPSA) is 33.7 Å². The Balaban J connectivity index is 2.03. The van der Waals surface area contributed by atoms with Crippen molar-refractivity contribution in [1.29, 1.82) is 0 Å². The van der Waals surface area contributed by atoms with Gasteiger partial charge in [-0.1, -0.05) is 0 Å². The number of rotatable bonds is 6. The number of morpholine rings is 1. The number of nitrogens with one attached hydrogen (secondary N) is 1. The van der Waals surface area contributed by atoms with Crippen LogP contribution in [0.3, 0.4) is 0 Å². The number of hydrogen-bond acceptors (Lipinski definition) is 4. The third-order valence-electron chi connectivity index (χ3n) is 2.43. The van der Waals surface area contributed by atoms with Crippen LogP contribution in [-0.2, 0) is 9.47 Å². The van der Waals surface area contributed by atoms with Gasteiger partial charge in [-0.15, -0.1) is 11.6 Å². The molecule has 0 aromatic heterocycles. The van der Waals surface area contributed by atoms with Crippen molar-refractivity contribution in [2.45, 2.75) is 11.5 Å². The van der Waals surface area contributed by atoms with Crippen LogP contribution in [0.4, 0.5) is 0 Å². The fourth-order valence-corrected chi connectivity index (χ4v) is 1.87. The van der Waals surface area contributed by atoms with Crippen LogP contribution >= 0.6 is 11.6 Å². The van der Waals surface area contributed by atoms with E-state index >= 15 is 0 Å². The van der Waals surface area contributed by atoms with Gasteiger partial charge in [0.25, 0.3) is 0 Å². The summed E-state index contributed by atoms with van der Waals surface area (Å²) in [7, 11) is 3.78. The smallest absolute Gasteiger partial charge is 0.0826 e. The Morgan fingerprint density at radius 3 is 3.13 bits per heavy atom. The zero-order valence-electron chi connectivity index (χ0n) is 9.54. The zero-order valence-corrected chi connectivity index (χ0v) is 10.3. The lowest BCUT2D eigenvalue weighted by Gasteiger charge is -2.30. The van der Waals surface area contributed by atoms with Gasteiger partial charge in [0.15, 0.2) is 0 Å². The molecule has 1 aliphatic rings. The average Bonchev–Trinajstić information content (AvgIpc) is 2.18. The maximum absolute atomic E-state index is 5.99. The fourth-order valence-electron chi connectivity index (χ4n) is 1.63. The first-order valence-electron chi connectivity index (χ1n) is 5.36. The van der Waals surface area contributed by atoms with Crippen LogP contribution in [0.2, 0.25) is 0 Å².